The Hall–Kier alpha value is -2.11. The van der Waals surface area contributed by atoms with Gasteiger partial charge >= 0.3 is 5.97 Å². The number of carbonyl (C=O) groups is 2. The first-order valence-corrected chi connectivity index (χ1v) is 5.33. The molecule has 5 nitrogen and oxygen atoms in total. The van der Waals surface area contributed by atoms with Gasteiger partial charge in [0.1, 0.15) is 6.10 Å². The van der Waals surface area contributed by atoms with Crippen molar-refractivity contribution < 1.29 is 28.9 Å². The Balaban J connectivity index is 2.69. The molecule has 2 aliphatic rings. The molecule has 2 N–H and O–H groups in total. The molecular weight excluding hydrogens is 243 g/mol. The van der Waals surface area contributed by atoms with Crippen molar-refractivity contribution in [3.05, 3.63) is 34.6 Å². The molecule has 0 radical (unpaired) electrons. The predicted molar refractivity (Wildman–Crippen MR) is 58.2 cm³/mol. The first-order chi connectivity index (χ1) is 8.36. The predicted octanol–water partition coefficient (Wildman–Crippen LogP) is 1.63. The zero-order valence-electron chi connectivity index (χ0n) is 9.73. The van der Waals surface area contributed by atoms with Gasteiger partial charge in [-0.25, -0.2) is 9.18 Å². The number of allylic oxidation sites excluding steroid dienone is 2. The van der Waals surface area contributed by atoms with E-state index in [0.29, 0.717) is 0 Å². The number of hydrogen-bond donors (Lipinski definition) is 2. The number of aliphatic hydroxyl groups excluding tert-OH is 1. The number of carbonyl (C=O) groups excluding carboxylic acids is 1. The Labute approximate surface area is 102 Å². The third-order valence-corrected chi connectivity index (χ3v) is 3.22. The minimum atomic E-state index is -1.67. The summed E-state index contributed by atoms with van der Waals surface area (Å²) in [7, 11) is 0. The van der Waals surface area contributed by atoms with Gasteiger partial charge in [-0.1, -0.05) is 6.92 Å². The van der Waals surface area contributed by atoms with Crippen LogP contribution in [0.15, 0.2) is 34.6 Å². The van der Waals surface area contributed by atoms with Gasteiger partial charge < -0.3 is 14.9 Å². The summed E-state index contributed by atoms with van der Waals surface area (Å²) in [6, 6.07) is 0. The van der Waals surface area contributed by atoms with Crippen LogP contribution in [0, 0.1) is 5.92 Å². The molecule has 6 heteroatoms. The summed E-state index contributed by atoms with van der Waals surface area (Å²) in [4.78, 5) is 22.7. The molecular formula is C12H11FO5. The van der Waals surface area contributed by atoms with Gasteiger partial charge in [-0.15, -0.1) is 0 Å². The van der Waals surface area contributed by atoms with Crippen LogP contribution in [0.4, 0.5) is 4.39 Å². The molecule has 18 heavy (non-hydrogen) atoms. The second-order valence-electron chi connectivity index (χ2n) is 4.25. The highest BCUT2D eigenvalue weighted by atomic mass is 19.1. The SMILES string of the molecule is CC1OC=C2C(=O)C(C(=O)O)=C(O)C(F)=C2C1C. The van der Waals surface area contributed by atoms with Crippen molar-refractivity contribution in [2.75, 3.05) is 0 Å². The number of Topliss-reactive ketones (excluding diaryl/α,β-unsaturated/α-hetero) is 1. The molecule has 96 valence electrons. The first kappa shape index (κ1) is 12.3. The third-order valence-electron chi connectivity index (χ3n) is 3.22. The van der Waals surface area contributed by atoms with E-state index >= 15 is 0 Å². The monoisotopic (exact) mass is 254 g/mol. The number of aliphatic hydroxyl groups is 1. The summed E-state index contributed by atoms with van der Waals surface area (Å²) in [6.45, 7) is 3.33. The van der Waals surface area contributed by atoms with Crippen LogP contribution >= 0.6 is 0 Å². The molecule has 0 bridgehead atoms. The summed E-state index contributed by atoms with van der Waals surface area (Å²) < 4.78 is 19.1. The Bertz CT molecular complexity index is 541. The lowest BCUT2D eigenvalue weighted by Crippen LogP contribution is -2.32. The van der Waals surface area contributed by atoms with Crippen molar-refractivity contribution in [3.63, 3.8) is 0 Å². The molecule has 2 rings (SSSR count). The fraction of sp³-hybridized carbons (Fsp3) is 0.333. The van der Waals surface area contributed by atoms with E-state index in [9.17, 15) is 19.1 Å². The van der Waals surface area contributed by atoms with Crippen LogP contribution in [0.5, 0.6) is 0 Å². The van der Waals surface area contributed by atoms with E-state index in [-0.39, 0.29) is 17.3 Å². The van der Waals surface area contributed by atoms with E-state index < -0.39 is 34.8 Å². The van der Waals surface area contributed by atoms with Crippen LogP contribution in [0.2, 0.25) is 0 Å². The average Bonchev–Trinajstić information content (AvgIpc) is 2.29. The van der Waals surface area contributed by atoms with Gasteiger partial charge in [-0.2, -0.15) is 0 Å². The van der Waals surface area contributed by atoms with E-state index in [0.717, 1.165) is 6.26 Å². The molecule has 2 unspecified atom stereocenters. The summed E-state index contributed by atoms with van der Waals surface area (Å²) in [5, 5.41) is 18.3. The summed E-state index contributed by atoms with van der Waals surface area (Å²) in [6.07, 6.45) is 0.693. The lowest BCUT2D eigenvalue weighted by molar-refractivity contribution is -0.134. The molecule has 0 aromatic heterocycles. The van der Waals surface area contributed by atoms with Crippen LogP contribution in [-0.2, 0) is 14.3 Å². The second-order valence-corrected chi connectivity index (χ2v) is 4.25. The van der Waals surface area contributed by atoms with Crippen molar-refractivity contribution >= 4 is 11.8 Å². The van der Waals surface area contributed by atoms with Crippen molar-refractivity contribution in [1.82, 2.24) is 0 Å². The molecule has 2 atom stereocenters. The minimum absolute atomic E-state index is 0.00116. The zero-order valence-corrected chi connectivity index (χ0v) is 9.73. The summed E-state index contributed by atoms with van der Waals surface area (Å²) in [5.41, 5.74) is -1.11. The number of fused-ring (bicyclic) bond motifs is 1. The smallest absolute Gasteiger partial charge is 0.343 e. The minimum Gasteiger partial charge on any atom is -0.504 e. The maximum Gasteiger partial charge on any atom is 0.343 e. The molecule has 1 heterocycles. The standard InChI is InChI=1S/C12H11FO5/c1-4-5(2)18-3-6-7(4)9(13)11(15)8(10(6)14)12(16)17/h3-5,15H,1-2H3,(H,16,17). The molecule has 1 aliphatic carbocycles. The molecule has 0 amide bonds. The fourth-order valence-corrected chi connectivity index (χ4v) is 2.01. The van der Waals surface area contributed by atoms with Crippen molar-refractivity contribution in [1.29, 1.82) is 0 Å². The maximum atomic E-state index is 14.0. The molecule has 0 saturated carbocycles. The Kier molecular flexibility index (Phi) is 2.73. The lowest BCUT2D eigenvalue weighted by Gasteiger charge is -2.31. The van der Waals surface area contributed by atoms with Crippen molar-refractivity contribution in [2.45, 2.75) is 20.0 Å². The number of ketones is 1. The van der Waals surface area contributed by atoms with E-state index in [2.05, 4.69) is 0 Å². The molecule has 1 aliphatic heterocycles. The largest absolute Gasteiger partial charge is 0.504 e. The Morgan fingerprint density at radius 1 is 1.44 bits per heavy atom. The topological polar surface area (TPSA) is 83.8 Å². The summed E-state index contributed by atoms with van der Waals surface area (Å²) in [5.74, 6) is -5.23. The molecule has 0 spiro atoms. The van der Waals surface area contributed by atoms with Crippen molar-refractivity contribution in [3.8, 4) is 0 Å². The van der Waals surface area contributed by atoms with Gasteiger partial charge in [0.2, 0.25) is 5.78 Å². The average molecular weight is 254 g/mol. The van der Waals surface area contributed by atoms with Crippen LogP contribution in [0.3, 0.4) is 0 Å². The van der Waals surface area contributed by atoms with Gasteiger partial charge in [0, 0.05) is 11.5 Å². The zero-order chi connectivity index (χ0) is 13.6. The Morgan fingerprint density at radius 3 is 2.61 bits per heavy atom. The van der Waals surface area contributed by atoms with Gasteiger partial charge in [0.25, 0.3) is 0 Å². The van der Waals surface area contributed by atoms with E-state index in [1.54, 1.807) is 13.8 Å². The Morgan fingerprint density at radius 2 is 2.06 bits per heavy atom. The van der Waals surface area contributed by atoms with E-state index in [1.165, 1.54) is 0 Å². The van der Waals surface area contributed by atoms with Crippen LogP contribution in [0.25, 0.3) is 0 Å². The van der Waals surface area contributed by atoms with Crippen LogP contribution in [-0.4, -0.2) is 28.1 Å². The number of halogens is 1. The van der Waals surface area contributed by atoms with Crippen LogP contribution < -0.4 is 0 Å². The second kappa shape index (κ2) is 3.97. The number of carboxylic acid groups (broad SMARTS) is 1. The quantitative estimate of drug-likeness (QED) is 0.695. The number of rotatable bonds is 1. The van der Waals surface area contributed by atoms with Gasteiger partial charge in [0.05, 0.1) is 11.8 Å². The number of aliphatic carboxylic acids is 1. The van der Waals surface area contributed by atoms with Gasteiger partial charge in [-0.05, 0) is 6.92 Å². The number of ether oxygens (including phenoxy) is 1. The van der Waals surface area contributed by atoms with E-state index in [1.807, 2.05) is 0 Å². The highest BCUT2D eigenvalue weighted by molar-refractivity contribution is 6.26. The van der Waals surface area contributed by atoms with Gasteiger partial charge in [-0.3, -0.25) is 4.79 Å². The normalized spacial score (nSPS) is 27.7. The number of hydrogen-bond acceptors (Lipinski definition) is 4. The first-order valence-electron chi connectivity index (χ1n) is 5.33. The fourth-order valence-electron chi connectivity index (χ4n) is 2.01. The molecule has 0 aromatic carbocycles. The summed E-state index contributed by atoms with van der Waals surface area (Å²) >= 11 is 0. The number of carboxylic acids is 1. The third kappa shape index (κ3) is 1.53. The lowest BCUT2D eigenvalue weighted by atomic mass is 9.80. The molecule has 0 saturated heterocycles. The van der Waals surface area contributed by atoms with Crippen molar-refractivity contribution in [2.24, 2.45) is 5.92 Å². The van der Waals surface area contributed by atoms with Crippen LogP contribution in [0.1, 0.15) is 13.8 Å². The molecule has 0 fully saturated rings. The maximum absolute atomic E-state index is 14.0. The van der Waals surface area contributed by atoms with Gasteiger partial charge in [0.15, 0.2) is 17.2 Å². The van der Waals surface area contributed by atoms with E-state index in [4.69, 9.17) is 9.84 Å². The highest BCUT2D eigenvalue weighted by Crippen LogP contribution is 2.40. The molecule has 0 aromatic rings. The highest BCUT2D eigenvalue weighted by Gasteiger charge is 2.41.